The lowest BCUT2D eigenvalue weighted by Crippen LogP contribution is -2.24. The van der Waals surface area contributed by atoms with E-state index in [4.69, 9.17) is 0 Å². The molecular weight excluding hydrogens is 545 g/mol. The first kappa shape index (κ1) is 26.6. The predicted octanol–water partition coefficient (Wildman–Crippen LogP) is 11.4. The summed E-state index contributed by atoms with van der Waals surface area (Å²) < 4.78 is 0. The zero-order valence-corrected chi connectivity index (χ0v) is 26.4. The summed E-state index contributed by atoms with van der Waals surface area (Å²) >= 11 is 0. The maximum atomic E-state index is 2.45. The largest absolute Gasteiger partial charge is 0.0680 e. The summed E-state index contributed by atoms with van der Waals surface area (Å²) in [6, 6.07) is 57.8. The molecule has 1 heteroatoms. The SMILES string of the molecule is CC[SiH](C)c1ccc(-c2c3ccccc3c(-c3ccc(-c4cccc5ccccc45)c4ccccc34)c3ccccc23)cc1. The molecule has 0 spiro atoms. The highest BCUT2D eigenvalue weighted by atomic mass is 28.3. The Hall–Kier alpha value is -4.98. The van der Waals surface area contributed by atoms with Crippen LogP contribution in [0.1, 0.15) is 6.92 Å². The molecule has 0 amide bonds. The second-order valence-electron chi connectivity index (χ2n) is 12.0. The quantitative estimate of drug-likeness (QED) is 0.141. The van der Waals surface area contributed by atoms with Gasteiger partial charge in [0, 0.05) is 0 Å². The third-order valence-corrected chi connectivity index (χ3v) is 12.3. The van der Waals surface area contributed by atoms with Crippen molar-refractivity contribution in [2.75, 3.05) is 0 Å². The van der Waals surface area contributed by atoms with E-state index in [1.165, 1.54) is 82.5 Å². The molecule has 0 radical (unpaired) electrons. The van der Waals surface area contributed by atoms with Crippen LogP contribution in [0.25, 0.3) is 76.5 Å². The minimum Gasteiger partial charge on any atom is -0.0680 e. The number of benzene rings is 8. The molecule has 1 unspecified atom stereocenters. The average Bonchev–Trinajstić information content (AvgIpc) is 3.10. The fraction of sp³-hybridized carbons (Fsp3) is 0.0698. The molecule has 8 aromatic carbocycles. The molecule has 0 aromatic heterocycles. The standard InChI is InChI=1S/C43H34Si/c1-3-44(2)31-25-23-30(24-26-31)42-37-18-8-10-20-39(37)43(40-21-11-9-19-38(40)42)41-28-27-36(34-16-6-7-17-35(34)41)33-22-12-14-29-13-4-5-15-32(29)33/h4-28,44H,3H2,1-2H3. The summed E-state index contributed by atoms with van der Waals surface area (Å²) in [5, 5.41) is 11.9. The van der Waals surface area contributed by atoms with Crippen LogP contribution in [0.2, 0.25) is 12.6 Å². The lowest BCUT2D eigenvalue weighted by Gasteiger charge is -2.20. The summed E-state index contributed by atoms with van der Waals surface area (Å²) in [4.78, 5) is 0. The van der Waals surface area contributed by atoms with Crippen LogP contribution >= 0.6 is 0 Å². The third-order valence-electron chi connectivity index (χ3n) is 9.59. The lowest BCUT2D eigenvalue weighted by atomic mass is 9.83. The fourth-order valence-corrected chi connectivity index (χ4v) is 8.48. The van der Waals surface area contributed by atoms with E-state index in [-0.39, 0.29) is 0 Å². The van der Waals surface area contributed by atoms with Gasteiger partial charge in [0.25, 0.3) is 0 Å². The van der Waals surface area contributed by atoms with E-state index in [1.807, 2.05) is 0 Å². The second-order valence-corrected chi connectivity index (χ2v) is 15.3. The molecule has 0 fully saturated rings. The van der Waals surface area contributed by atoms with Gasteiger partial charge in [0.05, 0.1) is 8.80 Å². The highest BCUT2D eigenvalue weighted by molar-refractivity contribution is 6.71. The van der Waals surface area contributed by atoms with Crippen molar-refractivity contribution in [1.29, 1.82) is 0 Å². The van der Waals surface area contributed by atoms with Crippen molar-refractivity contribution in [2.24, 2.45) is 0 Å². The monoisotopic (exact) mass is 578 g/mol. The molecule has 0 nitrogen and oxygen atoms in total. The van der Waals surface area contributed by atoms with E-state index >= 15 is 0 Å². The molecule has 8 aromatic rings. The predicted molar refractivity (Wildman–Crippen MR) is 196 cm³/mol. The molecule has 210 valence electrons. The van der Waals surface area contributed by atoms with Crippen molar-refractivity contribution in [2.45, 2.75) is 19.5 Å². The van der Waals surface area contributed by atoms with Crippen LogP contribution < -0.4 is 5.19 Å². The topological polar surface area (TPSA) is 0 Å². The smallest absolute Gasteiger partial charge is 0.0675 e. The summed E-state index contributed by atoms with van der Waals surface area (Å²) in [5.41, 5.74) is 7.76. The van der Waals surface area contributed by atoms with Gasteiger partial charge in [0.15, 0.2) is 0 Å². The van der Waals surface area contributed by atoms with Crippen molar-refractivity contribution in [3.8, 4) is 33.4 Å². The van der Waals surface area contributed by atoms with Crippen LogP contribution in [0.15, 0.2) is 152 Å². The first-order valence-electron chi connectivity index (χ1n) is 15.8. The van der Waals surface area contributed by atoms with Gasteiger partial charge in [0.1, 0.15) is 0 Å². The van der Waals surface area contributed by atoms with Gasteiger partial charge in [-0.3, -0.25) is 0 Å². The molecule has 0 saturated carbocycles. The van der Waals surface area contributed by atoms with Gasteiger partial charge in [-0.05, 0) is 76.5 Å². The van der Waals surface area contributed by atoms with Gasteiger partial charge >= 0.3 is 0 Å². The van der Waals surface area contributed by atoms with Gasteiger partial charge in [0.2, 0.25) is 0 Å². The van der Waals surface area contributed by atoms with E-state index in [0.29, 0.717) is 0 Å². The van der Waals surface area contributed by atoms with Crippen LogP contribution in [0.3, 0.4) is 0 Å². The van der Waals surface area contributed by atoms with E-state index in [0.717, 1.165) is 0 Å². The van der Waals surface area contributed by atoms with Crippen molar-refractivity contribution < 1.29 is 0 Å². The Morgan fingerprint density at radius 1 is 0.386 bits per heavy atom. The summed E-state index contributed by atoms with van der Waals surface area (Å²) in [6.07, 6.45) is 0. The van der Waals surface area contributed by atoms with Crippen LogP contribution in [0.5, 0.6) is 0 Å². The van der Waals surface area contributed by atoms with E-state index in [9.17, 15) is 0 Å². The number of rotatable bonds is 5. The Morgan fingerprint density at radius 3 is 1.45 bits per heavy atom. The summed E-state index contributed by atoms with van der Waals surface area (Å²) in [7, 11) is -0.868. The molecule has 0 N–H and O–H groups in total. The van der Waals surface area contributed by atoms with Gasteiger partial charge in [-0.2, -0.15) is 0 Å². The van der Waals surface area contributed by atoms with Crippen molar-refractivity contribution in [1.82, 2.24) is 0 Å². The molecular formula is C43H34Si. The first-order chi connectivity index (χ1) is 21.7. The Balaban J connectivity index is 1.42. The molecule has 1 atom stereocenters. The lowest BCUT2D eigenvalue weighted by molar-refractivity contribution is 1.43. The van der Waals surface area contributed by atoms with Crippen LogP contribution in [0.4, 0.5) is 0 Å². The Bertz CT molecular complexity index is 2270. The average molecular weight is 579 g/mol. The van der Waals surface area contributed by atoms with Gasteiger partial charge in [-0.25, -0.2) is 0 Å². The molecule has 44 heavy (non-hydrogen) atoms. The zero-order chi connectivity index (χ0) is 29.6. The first-order valence-corrected chi connectivity index (χ1v) is 18.3. The van der Waals surface area contributed by atoms with E-state index < -0.39 is 8.80 Å². The Kier molecular flexibility index (Phi) is 6.62. The fourth-order valence-electron chi connectivity index (χ4n) is 7.16. The second kappa shape index (κ2) is 10.9. The maximum Gasteiger partial charge on any atom is 0.0675 e. The molecule has 0 aliphatic heterocycles. The Morgan fingerprint density at radius 2 is 0.841 bits per heavy atom. The third kappa shape index (κ3) is 4.27. The highest BCUT2D eigenvalue weighted by Crippen LogP contribution is 2.46. The van der Waals surface area contributed by atoms with Gasteiger partial charge in [-0.15, -0.1) is 0 Å². The minimum absolute atomic E-state index is 0.868. The maximum absolute atomic E-state index is 2.45. The highest BCUT2D eigenvalue weighted by Gasteiger charge is 2.19. The number of hydrogen-bond acceptors (Lipinski definition) is 0. The van der Waals surface area contributed by atoms with Crippen LogP contribution in [-0.4, -0.2) is 8.80 Å². The van der Waals surface area contributed by atoms with Crippen molar-refractivity contribution in [3.63, 3.8) is 0 Å². The minimum atomic E-state index is -0.868. The number of fused-ring (bicyclic) bond motifs is 4. The van der Waals surface area contributed by atoms with Gasteiger partial charge < -0.3 is 0 Å². The van der Waals surface area contributed by atoms with Crippen LogP contribution in [0, 0.1) is 0 Å². The van der Waals surface area contributed by atoms with E-state index in [2.05, 4.69) is 165 Å². The summed E-state index contributed by atoms with van der Waals surface area (Å²) in [6.45, 7) is 4.77. The molecule has 0 saturated heterocycles. The van der Waals surface area contributed by atoms with Crippen molar-refractivity contribution >= 4 is 57.1 Å². The molecule has 8 rings (SSSR count). The Labute approximate surface area is 260 Å². The summed E-state index contributed by atoms with van der Waals surface area (Å²) in [5.74, 6) is 0. The zero-order valence-electron chi connectivity index (χ0n) is 25.2. The molecule has 0 heterocycles. The van der Waals surface area contributed by atoms with Gasteiger partial charge in [-0.1, -0.05) is 176 Å². The van der Waals surface area contributed by atoms with E-state index in [1.54, 1.807) is 5.19 Å². The van der Waals surface area contributed by atoms with Crippen molar-refractivity contribution in [3.05, 3.63) is 152 Å². The normalized spacial score (nSPS) is 12.3. The molecule has 0 aliphatic carbocycles. The molecule has 0 bridgehead atoms. The number of hydrogen-bond donors (Lipinski definition) is 0. The van der Waals surface area contributed by atoms with Crippen LogP contribution in [-0.2, 0) is 0 Å². The molecule has 0 aliphatic rings.